The van der Waals surface area contributed by atoms with Gasteiger partial charge in [0, 0.05) is 31.8 Å². The molecule has 3 rings (SSSR count). The first-order valence-corrected chi connectivity index (χ1v) is 11.0. The van der Waals surface area contributed by atoms with E-state index < -0.39 is 18.6 Å². The molecule has 2 heterocycles. The van der Waals surface area contributed by atoms with E-state index in [-0.39, 0.29) is 47.0 Å². The van der Waals surface area contributed by atoms with Gasteiger partial charge in [-0.15, -0.1) is 0 Å². The summed E-state index contributed by atoms with van der Waals surface area (Å²) in [6.07, 6.45) is 5.57. The summed E-state index contributed by atoms with van der Waals surface area (Å²) in [4.78, 5) is 34.8. The highest BCUT2D eigenvalue weighted by molar-refractivity contribution is 6.09. The quantitative estimate of drug-likeness (QED) is 0.314. The number of nitrogens with one attached hydrogen (secondary N) is 3. The Hall–Kier alpha value is -4.13. The minimum Gasteiger partial charge on any atom is -0.488 e. The van der Waals surface area contributed by atoms with Crippen molar-refractivity contribution >= 4 is 17.6 Å². The zero-order valence-corrected chi connectivity index (χ0v) is 19.7. The summed E-state index contributed by atoms with van der Waals surface area (Å²) < 4.78 is 40.3. The maximum Gasteiger partial charge on any atom is 0.345 e. The number of ether oxygens (including phenoxy) is 3. The Kier molecular flexibility index (Phi) is 9.22. The van der Waals surface area contributed by atoms with Crippen LogP contribution in [0.2, 0.25) is 0 Å². The smallest absolute Gasteiger partial charge is 0.345 e. The van der Waals surface area contributed by atoms with Crippen LogP contribution in [0.1, 0.15) is 34.2 Å². The number of hydrogen-bond donors (Lipinski definition) is 3. The Morgan fingerprint density at radius 1 is 1.19 bits per heavy atom. The molecule has 0 aliphatic carbocycles. The molecule has 2 aromatic rings. The van der Waals surface area contributed by atoms with E-state index >= 15 is 0 Å². The number of rotatable bonds is 11. The summed E-state index contributed by atoms with van der Waals surface area (Å²) in [6.45, 7) is -0.452. The summed E-state index contributed by atoms with van der Waals surface area (Å²) in [6, 6.07) is 4.19. The average molecular weight is 504 g/mol. The Balaban J connectivity index is 1.78. The molecule has 11 nitrogen and oxygen atoms in total. The predicted octanol–water partition coefficient (Wildman–Crippen LogP) is 2.56. The largest absolute Gasteiger partial charge is 0.488 e. The molecule has 13 heteroatoms. The van der Waals surface area contributed by atoms with Crippen LogP contribution in [0, 0.1) is 5.41 Å². The van der Waals surface area contributed by atoms with E-state index in [0.717, 1.165) is 6.42 Å². The van der Waals surface area contributed by atoms with Gasteiger partial charge < -0.3 is 29.7 Å². The maximum absolute atomic E-state index is 12.7. The SMILES string of the molecule is CN/C=C\C(=N)NC(=O)c1cc(Oc2cnc(C(=O)N3CCC3)cn2)cc(O[C@@H](C)COC(F)F)c1. The molecule has 1 aromatic carbocycles. The molecule has 1 aliphatic heterocycles. The molecule has 1 aromatic heterocycles. The molecule has 192 valence electrons. The lowest BCUT2D eigenvalue weighted by Gasteiger charge is -2.30. The minimum absolute atomic E-state index is 0.0532. The van der Waals surface area contributed by atoms with Gasteiger partial charge in [-0.3, -0.25) is 15.0 Å². The van der Waals surface area contributed by atoms with Crippen molar-refractivity contribution in [3.63, 3.8) is 0 Å². The van der Waals surface area contributed by atoms with Crippen molar-refractivity contribution in [3.05, 3.63) is 54.1 Å². The van der Waals surface area contributed by atoms with Crippen LogP contribution in [-0.2, 0) is 4.74 Å². The van der Waals surface area contributed by atoms with E-state index in [1.807, 2.05) is 0 Å². The van der Waals surface area contributed by atoms with Crippen molar-refractivity contribution in [2.45, 2.75) is 26.1 Å². The number of amides is 2. The number of alkyl halides is 2. The lowest BCUT2D eigenvalue weighted by atomic mass is 10.2. The Morgan fingerprint density at radius 3 is 2.56 bits per heavy atom. The summed E-state index contributed by atoms with van der Waals surface area (Å²) in [5, 5.41) is 12.9. The Morgan fingerprint density at radius 2 is 1.94 bits per heavy atom. The first-order chi connectivity index (χ1) is 17.2. The zero-order valence-electron chi connectivity index (χ0n) is 19.7. The second-order valence-electron chi connectivity index (χ2n) is 7.69. The molecular formula is C23H26F2N6O5. The highest BCUT2D eigenvalue weighted by Crippen LogP contribution is 2.27. The van der Waals surface area contributed by atoms with Crippen LogP contribution in [0.4, 0.5) is 8.78 Å². The van der Waals surface area contributed by atoms with Crippen molar-refractivity contribution < 1.29 is 32.6 Å². The number of halogens is 2. The number of benzene rings is 1. The average Bonchev–Trinajstić information content (AvgIpc) is 2.80. The molecule has 3 N–H and O–H groups in total. The lowest BCUT2D eigenvalue weighted by molar-refractivity contribution is -0.142. The van der Waals surface area contributed by atoms with E-state index in [0.29, 0.717) is 13.1 Å². The van der Waals surface area contributed by atoms with E-state index in [4.69, 9.17) is 14.9 Å². The van der Waals surface area contributed by atoms with Gasteiger partial charge >= 0.3 is 6.61 Å². The van der Waals surface area contributed by atoms with Crippen LogP contribution >= 0.6 is 0 Å². The number of amidine groups is 1. The minimum atomic E-state index is -2.95. The van der Waals surface area contributed by atoms with Gasteiger partial charge in [0.1, 0.15) is 29.1 Å². The van der Waals surface area contributed by atoms with Gasteiger partial charge in [-0.2, -0.15) is 8.78 Å². The number of aromatic nitrogens is 2. The van der Waals surface area contributed by atoms with Crippen LogP contribution in [-0.4, -0.2) is 72.0 Å². The molecule has 0 radical (unpaired) electrons. The Labute approximate surface area is 206 Å². The number of carbonyl (C=O) groups excluding carboxylic acids is 2. The lowest BCUT2D eigenvalue weighted by Crippen LogP contribution is -2.42. The van der Waals surface area contributed by atoms with Crippen molar-refractivity contribution in [2.24, 2.45) is 0 Å². The molecule has 1 aliphatic rings. The Bertz CT molecular complexity index is 1110. The zero-order chi connectivity index (χ0) is 26.1. The normalized spacial score (nSPS) is 13.8. The summed E-state index contributed by atoms with van der Waals surface area (Å²) in [7, 11) is 1.64. The van der Waals surface area contributed by atoms with Crippen molar-refractivity contribution in [2.75, 3.05) is 26.7 Å². The topological polar surface area (TPSA) is 139 Å². The summed E-state index contributed by atoms with van der Waals surface area (Å²) >= 11 is 0. The molecule has 36 heavy (non-hydrogen) atoms. The third kappa shape index (κ3) is 7.70. The van der Waals surface area contributed by atoms with Crippen molar-refractivity contribution in [1.29, 1.82) is 5.41 Å². The van der Waals surface area contributed by atoms with Gasteiger partial charge in [0.2, 0.25) is 5.88 Å². The fourth-order valence-corrected chi connectivity index (χ4v) is 2.99. The van der Waals surface area contributed by atoms with Crippen molar-refractivity contribution in [1.82, 2.24) is 25.5 Å². The molecule has 0 bridgehead atoms. The van der Waals surface area contributed by atoms with E-state index in [9.17, 15) is 18.4 Å². The van der Waals surface area contributed by atoms with Crippen molar-refractivity contribution in [3.8, 4) is 17.4 Å². The second-order valence-corrected chi connectivity index (χ2v) is 7.69. The van der Waals surface area contributed by atoms with E-state index in [2.05, 4.69) is 25.3 Å². The molecule has 1 atom stereocenters. The first-order valence-electron chi connectivity index (χ1n) is 11.0. The number of carbonyl (C=O) groups is 2. The fraction of sp³-hybridized carbons (Fsp3) is 0.348. The van der Waals surface area contributed by atoms with Crippen LogP contribution in [0.25, 0.3) is 0 Å². The molecule has 1 saturated heterocycles. The third-order valence-corrected chi connectivity index (χ3v) is 4.81. The number of likely N-dealkylation sites (tertiary alicyclic amines) is 1. The predicted molar refractivity (Wildman–Crippen MR) is 125 cm³/mol. The number of nitrogens with zero attached hydrogens (tertiary/aromatic N) is 3. The molecule has 0 saturated carbocycles. The number of hydrogen-bond acceptors (Lipinski definition) is 9. The molecular weight excluding hydrogens is 478 g/mol. The van der Waals surface area contributed by atoms with Gasteiger partial charge in [-0.05, 0) is 37.8 Å². The summed E-state index contributed by atoms with van der Waals surface area (Å²) in [5.41, 5.74) is 0.254. The van der Waals surface area contributed by atoms with Gasteiger partial charge in [0.05, 0.1) is 19.0 Å². The fourth-order valence-electron chi connectivity index (χ4n) is 2.99. The summed E-state index contributed by atoms with van der Waals surface area (Å²) in [5.74, 6) is -0.697. The van der Waals surface area contributed by atoms with Gasteiger partial charge in [-0.1, -0.05) is 0 Å². The van der Waals surface area contributed by atoms with Crippen LogP contribution in [0.15, 0.2) is 42.9 Å². The molecule has 1 fully saturated rings. The van der Waals surface area contributed by atoms with Crippen LogP contribution < -0.4 is 20.1 Å². The molecule has 0 unspecified atom stereocenters. The van der Waals surface area contributed by atoms with Gasteiger partial charge in [0.25, 0.3) is 11.8 Å². The molecule has 2 amide bonds. The van der Waals surface area contributed by atoms with Gasteiger partial charge in [-0.25, -0.2) is 9.97 Å². The standard InChI is InChI=1S/C23H26F2N6O5/c1-14(13-34-23(24)25)35-16-8-15(21(32)30-19(26)4-5-27-2)9-17(10-16)36-20-12-28-18(11-29-20)22(33)31-6-3-7-31/h4-5,8-12,14,23,27H,3,6-7,13H2,1-2H3,(H2,26,30,32)/b5-4-/t14-/m0/s1. The second kappa shape index (κ2) is 12.5. The molecule has 0 spiro atoms. The first kappa shape index (κ1) is 26.5. The highest BCUT2D eigenvalue weighted by atomic mass is 19.3. The van der Waals surface area contributed by atoms with E-state index in [1.165, 1.54) is 49.8 Å². The third-order valence-electron chi connectivity index (χ3n) is 4.81. The van der Waals surface area contributed by atoms with Crippen LogP contribution in [0.5, 0.6) is 17.4 Å². The monoisotopic (exact) mass is 504 g/mol. The highest BCUT2D eigenvalue weighted by Gasteiger charge is 2.23. The van der Waals surface area contributed by atoms with Crippen LogP contribution in [0.3, 0.4) is 0 Å². The van der Waals surface area contributed by atoms with Gasteiger partial charge in [0.15, 0.2) is 0 Å². The van der Waals surface area contributed by atoms with E-state index in [1.54, 1.807) is 11.9 Å². The maximum atomic E-state index is 12.7.